The number of nitrogens with one attached hydrogen (secondary N) is 1. The Morgan fingerprint density at radius 1 is 0.529 bits per heavy atom. The predicted molar refractivity (Wildman–Crippen MR) is 421 cm³/mol. The molecule has 17 heteroatoms. The van der Waals surface area contributed by atoms with Gasteiger partial charge in [0.2, 0.25) is 0 Å². The van der Waals surface area contributed by atoms with Crippen LogP contribution in [0.3, 0.4) is 0 Å². The number of hydrogen-bond donors (Lipinski definition) is 5. The first-order valence-corrected chi connectivity index (χ1v) is 36.7. The van der Waals surface area contributed by atoms with E-state index in [9.17, 15) is 9.59 Å². The van der Waals surface area contributed by atoms with Crippen LogP contribution in [-0.2, 0) is 13.1 Å². The van der Waals surface area contributed by atoms with Gasteiger partial charge < -0.3 is 26.2 Å². The largest absolute Gasteiger partial charge is 0.483 e. The van der Waals surface area contributed by atoms with Crippen LogP contribution in [0.1, 0.15) is 231 Å². The Morgan fingerprint density at radius 3 is 1.34 bits per heavy atom. The Balaban J connectivity index is 0.000000172. The second-order valence-corrected chi connectivity index (χ2v) is 27.3. The fraction of sp³-hybridized carbons (Fsp3) is 0.353. The average molecular weight is 1450 g/mol. The summed E-state index contributed by atoms with van der Waals surface area (Å²) in [6.45, 7) is 25.1. The monoisotopic (exact) mass is 1450 g/mol. The number of fused-ring (bicyclic) bond motifs is 2. The molecule has 0 bridgehead atoms. The number of nitrogens with two attached hydrogens (primary N) is 1. The summed E-state index contributed by atoms with van der Waals surface area (Å²) in [5, 5.41) is 30.8. The van der Waals surface area contributed by atoms with Crippen LogP contribution < -0.4 is 11.1 Å². The number of carboxylic acid groups (broad SMARTS) is 1. The first kappa shape index (κ1) is 80.1. The molecule has 9 aromatic rings. The van der Waals surface area contributed by atoms with E-state index < -0.39 is 13.1 Å². The van der Waals surface area contributed by atoms with Crippen molar-refractivity contribution in [1.82, 2.24) is 25.3 Å². The number of nitrogens with zero attached hydrogens (tertiary/aromatic N) is 7. The van der Waals surface area contributed by atoms with E-state index in [-0.39, 0.29) is 23.9 Å². The summed E-state index contributed by atoms with van der Waals surface area (Å²) in [5.74, 6) is 1.23. The van der Waals surface area contributed by atoms with Gasteiger partial charge in [-0.3, -0.25) is 4.79 Å². The van der Waals surface area contributed by atoms with Crippen molar-refractivity contribution < 1.29 is 24.7 Å². The van der Waals surface area contributed by atoms with Crippen molar-refractivity contribution in [3.8, 4) is 0 Å². The maximum Gasteiger partial charge on any atom is 0.483 e. The van der Waals surface area contributed by atoms with Crippen LogP contribution in [0, 0.1) is 33.6 Å². The van der Waals surface area contributed by atoms with Gasteiger partial charge in [-0.25, -0.2) is 39.3 Å². The van der Waals surface area contributed by atoms with Gasteiger partial charge in [0.1, 0.15) is 0 Å². The second kappa shape index (κ2) is 43.6. The van der Waals surface area contributed by atoms with Crippen LogP contribution >= 0.6 is 28.3 Å². The zero-order valence-electron chi connectivity index (χ0n) is 59.0. The molecule has 5 aliphatic rings. The number of pyridine rings is 4. The summed E-state index contributed by atoms with van der Waals surface area (Å²) in [5.41, 5.74) is 21.3. The quantitative estimate of drug-likeness (QED) is 0.0649. The molecule has 1 amide bonds. The number of aromatic carboxylic acids is 1. The van der Waals surface area contributed by atoms with Crippen molar-refractivity contribution in [2.45, 2.75) is 192 Å². The summed E-state index contributed by atoms with van der Waals surface area (Å²) < 4.78 is 1.01. The molecule has 0 aliphatic heterocycles. The third-order valence-electron chi connectivity index (χ3n) is 19.2. The summed E-state index contributed by atoms with van der Waals surface area (Å²) in [7, 11) is -1.20. The molecular formula is C85H96BBrClN9O5. The molecule has 4 aromatic heterocycles. The zero-order chi connectivity index (χ0) is 71.6. The molecular weight excluding hydrogens is 1350 g/mol. The fourth-order valence-electron chi connectivity index (χ4n) is 13.3. The highest BCUT2D eigenvalue weighted by atomic mass is 79.9. The number of carbonyl (C=O) groups excluding carboxylic acids is 1. The predicted octanol–water partition coefficient (Wildman–Crippen LogP) is 22.1. The first-order chi connectivity index (χ1) is 49.2. The Kier molecular flexibility index (Phi) is 34.2. The molecule has 0 spiro atoms. The molecule has 6 N–H and O–H groups in total. The molecule has 3 saturated carbocycles. The molecule has 4 heterocycles. The number of halogens is 2. The molecule has 0 atom stereocenters. The fourth-order valence-corrected chi connectivity index (χ4v) is 13.6. The SMILES string of the molecule is Cc1nc2ncccc2cc1C(=O)NCc1ccc(C2CCCCC2)cc1.Cc1nc2ncccc2cc1C(=O)O.Cl.NCc1ccc(C2CCCCC2)cc1.OB(O)C1=CCCCC1.[C-]#[N+]c1ccc(Br)cc1.[C-]#[N+]c1ccc(C2=CCCCC2)cc1.[C-]#[N+]c1ccc(C2CCCCC2)cc1. The van der Waals surface area contributed by atoms with E-state index in [0.29, 0.717) is 52.9 Å². The first-order valence-electron chi connectivity index (χ1n) is 35.9. The Bertz CT molecular complexity index is 4270. The van der Waals surface area contributed by atoms with Crippen molar-refractivity contribution >= 4 is 92.0 Å². The van der Waals surface area contributed by atoms with E-state index in [2.05, 4.69) is 135 Å². The van der Waals surface area contributed by atoms with Crippen LogP contribution in [0.4, 0.5) is 17.1 Å². The third kappa shape index (κ3) is 26.0. The Hall–Kier alpha value is -9.18. The molecule has 3 fully saturated rings. The van der Waals surface area contributed by atoms with E-state index in [1.165, 1.54) is 162 Å². The van der Waals surface area contributed by atoms with Crippen LogP contribution in [0.25, 0.3) is 42.2 Å². The van der Waals surface area contributed by atoms with E-state index in [0.717, 1.165) is 68.8 Å². The highest BCUT2D eigenvalue weighted by Crippen LogP contribution is 2.36. The smallest absolute Gasteiger partial charge is 0.478 e. The van der Waals surface area contributed by atoms with Gasteiger partial charge in [0, 0.05) is 40.7 Å². The van der Waals surface area contributed by atoms with Gasteiger partial charge in [0.15, 0.2) is 28.4 Å². The van der Waals surface area contributed by atoms with Crippen molar-refractivity contribution in [3.63, 3.8) is 0 Å². The van der Waals surface area contributed by atoms with E-state index in [1.54, 1.807) is 49.6 Å². The minimum Gasteiger partial charge on any atom is -0.478 e. The van der Waals surface area contributed by atoms with Crippen molar-refractivity contribution in [2.24, 2.45) is 5.73 Å². The summed E-state index contributed by atoms with van der Waals surface area (Å²) >= 11 is 3.27. The maximum atomic E-state index is 12.6. The van der Waals surface area contributed by atoms with Gasteiger partial charge >= 0.3 is 13.1 Å². The zero-order valence-corrected chi connectivity index (χ0v) is 61.4. The molecule has 5 aliphatic carbocycles. The molecule has 0 radical (unpaired) electrons. The number of carboxylic acids is 1. The normalized spacial score (nSPS) is 14.9. The molecule has 0 saturated heterocycles. The van der Waals surface area contributed by atoms with Gasteiger partial charge in [-0.15, -0.1) is 12.4 Å². The lowest BCUT2D eigenvalue weighted by atomic mass is 9.74. The van der Waals surface area contributed by atoms with E-state index >= 15 is 0 Å². The highest BCUT2D eigenvalue weighted by molar-refractivity contribution is 9.10. The van der Waals surface area contributed by atoms with Crippen LogP contribution in [0.5, 0.6) is 0 Å². The average Bonchev–Trinajstić information content (AvgIpc) is 0.820. The van der Waals surface area contributed by atoms with Crippen molar-refractivity contribution in [2.75, 3.05) is 0 Å². The van der Waals surface area contributed by atoms with Crippen molar-refractivity contribution in [1.29, 1.82) is 0 Å². The van der Waals surface area contributed by atoms with E-state index in [1.807, 2.05) is 67.6 Å². The molecule has 528 valence electrons. The Labute approximate surface area is 618 Å². The number of allylic oxidation sites excluding steroid dienone is 4. The molecule has 5 aromatic carbocycles. The van der Waals surface area contributed by atoms with Gasteiger partial charge in [0.25, 0.3) is 5.91 Å². The number of aryl methyl sites for hydroxylation is 2. The number of aromatic nitrogens is 4. The Morgan fingerprint density at radius 2 is 0.941 bits per heavy atom. The lowest BCUT2D eigenvalue weighted by molar-refractivity contribution is 0.0695. The lowest BCUT2D eigenvalue weighted by Gasteiger charge is -2.22. The summed E-state index contributed by atoms with van der Waals surface area (Å²) in [6, 6.07) is 51.7. The van der Waals surface area contributed by atoms with Gasteiger partial charge in [-0.1, -0.05) is 207 Å². The van der Waals surface area contributed by atoms with Gasteiger partial charge in [0.05, 0.1) is 42.2 Å². The second-order valence-electron chi connectivity index (χ2n) is 26.3. The van der Waals surface area contributed by atoms with Crippen LogP contribution in [0.2, 0.25) is 0 Å². The number of rotatable bonds is 10. The number of carbonyl (C=O) groups is 2. The minimum atomic E-state index is -1.20. The number of hydrogen-bond acceptors (Lipinski definition) is 9. The van der Waals surface area contributed by atoms with Gasteiger partial charge in [-0.05, 0) is 202 Å². The topological polar surface area (TPSA) is 198 Å². The van der Waals surface area contributed by atoms with Gasteiger partial charge in [-0.2, -0.15) is 0 Å². The van der Waals surface area contributed by atoms with Crippen molar-refractivity contribution in [3.05, 3.63) is 282 Å². The standard InChI is InChI=1S/C23H25N3O.C13H15N.C13H13N.C13H19N.C10H8N2O2.C7H4BrN.C6H11BO2.ClH/c1-16-21(14-20-8-5-13-24-22(20)26-16)23(27)25-15-17-9-11-19(12-10-17)18-6-3-2-4-7-18;2*1-14-13-9-7-12(8-10-13)11-5-3-2-4-6-11;14-10-11-6-8-13(9-7-11)12-4-2-1-3-5-12;1-6-8(10(13)14)5-7-3-2-4-11-9(7)12-6;1-9-7-4-2-6(8)3-5-7;8-7(9)6-4-2-1-3-5-6;/h5,8-14,18H,2-4,6-7,15H2,1H3,(H,25,27);7-11H,2-6H2;5,7-10H,2-4,6H2;6-9,12H,1-5,10,14H2;2-5H,1H3,(H,13,14);2-5H;4,8-9H,1-3,5H2;1H. The van der Waals surface area contributed by atoms with E-state index in [4.69, 9.17) is 40.6 Å². The van der Waals surface area contributed by atoms with Crippen LogP contribution in [0.15, 0.2) is 192 Å². The summed E-state index contributed by atoms with van der Waals surface area (Å²) in [6.07, 6.45) is 37.3. The number of benzene rings is 5. The molecule has 14 rings (SSSR count). The van der Waals surface area contributed by atoms with Crippen LogP contribution in [-0.4, -0.2) is 54.1 Å². The third-order valence-corrected chi connectivity index (χ3v) is 19.7. The minimum absolute atomic E-state index is 0. The highest BCUT2D eigenvalue weighted by Gasteiger charge is 2.20. The maximum absolute atomic E-state index is 12.6. The molecule has 102 heavy (non-hydrogen) atoms. The summed E-state index contributed by atoms with van der Waals surface area (Å²) in [4.78, 5) is 50.3. The lowest BCUT2D eigenvalue weighted by Crippen LogP contribution is -2.24. The molecule has 0 unspecified atom stereocenters. The molecule has 14 nitrogen and oxygen atoms in total. The number of amides is 1.